The van der Waals surface area contributed by atoms with Crippen molar-refractivity contribution in [3.05, 3.63) is 0 Å². The molecule has 0 aliphatic rings. The molecule has 0 spiro atoms. The lowest BCUT2D eigenvalue weighted by Gasteiger charge is -1.97. The van der Waals surface area contributed by atoms with Crippen molar-refractivity contribution in [1.29, 1.82) is 0 Å². The third-order valence-corrected chi connectivity index (χ3v) is 2.69. The van der Waals surface area contributed by atoms with E-state index in [0.29, 0.717) is 24.3 Å². The van der Waals surface area contributed by atoms with E-state index in [0.717, 1.165) is 0 Å². The number of esters is 1. The topological polar surface area (TPSA) is 43.4 Å². The second kappa shape index (κ2) is 6.34. The van der Waals surface area contributed by atoms with E-state index in [1.807, 2.05) is 6.92 Å². The molecule has 0 bridgehead atoms. The zero-order valence-electron chi connectivity index (χ0n) is 6.96. The van der Waals surface area contributed by atoms with Crippen molar-refractivity contribution >= 4 is 16.8 Å². The highest BCUT2D eigenvalue weighted by atomic mass is 32.2. The monoisotopic (exact) mass is 178 g/mol. The van der Waals surface area contributed by atoms with Gasteiger partial charge in [-0.1, -0.05) is 6.92 Å². The summed E-state index contributed by atoms with van der Waals surface area (Å²) in [6.07, 6.45) is 1.04. The molecule has 66 valence electrons. The van der Waals surface area contributed by atoms with E-state index in [9.17, 15) is 9.00 Å². The third kappa shape index (κ3) is 6.04. The first-order chi connectivity index (χ1) is 5.20. The van der Waals surface area contributed by atoms with E-state index in [-0.39, 0.29) is 5.97 Å². The van der Waals surface area contributed by atoms with Crippen LogP contribution in [0.15, 0.2) is 0 Å². The van der Waals surface area contributed by atoms with Crippen molar-refractivity contribution in [3.8, 4) is 0 Å². The molecule has 0 aromatic rings. The van der Waals surface area contributed by atoms with Gasteiger partial charge in [-0.3, -0.25) is 9.00 Å². The molecule has 0 aliphatic heterocycles. The molecule has 0 saturated heterocycles. The van der Waals surface area contributed by atoms with Crippen LogP contribution in [-0.2, 0) is 20.3 Å². The van der Waals surface area contributed by atoms with Crippen LogP contribution in [0.25, 0.3) is 0 Å². The van der Waals surface area contributed by atoms with Gasteiger partial charge in [-0.05, 0) is 6.42 Å². The first-order valence-electron chi connectivity index (χ1n) is 3.62. The minimum atomic E-state index is -0.753. The average molecular weight is 178 g/mol. The Morgan fingerprint density at radius 3 is 2.64 bits per heavy atom. The molecular weight excluding hydrogens is 164 g/mol. The fraction of sp³-hybridized carbons (Fsp3) is 0.857. The van der Waals surface area contributed by atoms with Crippen LogP contribution < -0.4 is 0 Å². The molecular formula is C7H14O3S. The maximum absolute atomic E-state index is 10.8. The maximum Gasteiger partial charge on any atom is 0.305 e. The lowest BCUT2D eigenvalue weighted by atomic mass is 10.3. The molecule has 3 nitrogen and oxygen atoms in total. The molecule has 0 heterocycles. The van der Waals surface area contributed by atoms with E-state index in [4.69, 9.17) is 0 Å². The molecule has 0 aromatic carbocycles. The van der Waals surface area contributed by atoms with Crippen LogP contribution >= 0.6 is 0 Å². The fourth-order valence-electron chi connectivity index (χ4n) is 0.624. The van der Waals surface area contributed by atoms with Crippen molar-refractivity contribution in [1.82, 2.24) is 0 Å². The van der Waals surface area contributed by atoms with Crippen molar-refractivity contribution in [2.75, 3.05) is 18.6 Å². The normalized spacial score (nSPS) is 12.5. The zero-order chi connectivity index (χ0) is 8.69. The third-order valence-electron chi connectivity index (χ3n) is 1.30. The summed E-state index contributed by atoms with van der Waals surface area (Å²) in [7, 11) is 0.607. The van der Waals surface area contributed by atoms with E-state index in [1.54, 1.807) is 0 Å². The van der Waals surface area contributed by atoms with Gasteiger partial charge >= 0.3 is 5.97 Å². The van der Waals surface area contributed by atoms with Crippen LogP contribution in [0.5, 0.6) is 0 Å². The highest BCUT2D eigenvalue weighted by Gasteiger charge is 2.01. The van der Waals surface area contributed by atoms with Gasteiger partial charge in [0.2, 0.25) is 0 Å². The predicted octanol–water partition coefficient (Wildman–Crippen LogP) is 0.708. The summed E-state index contributed by atoms with van der Waals surface area (Å²) in [5, 5.41) is 0. The average Bonchev–Trinajstić information content (AvgIpc) is 2.04. The van der Waals surface area contributed by atoms with E-state index in [1.165, 1.54) is 7.11 Å². The molecule has 0 rings (SSSR count). The Bertz CT molecular complexity index is 129. The van der Waals surface area contributed by atoms with Gasteiger partial charge in [0.25, 0.3) is 0 Å². The molecule has 0 aliphatic carbocycles. The molecule has 0 radical (unpaired) electrons. The molecule has 4 heteroatoms. The fourth-order valence-corrected chi connectivity index (χ4v) is 1.38. The predicted molar refractivity (Wildman–Crippen MR) is 44.8 cm³/mol. The SMILES string of the molecule is CCS(=O)CCCC(=O)OC. The van der Waals surface area contributed by atoms with Crippen LogP contribution in [0.3, 0.4) is 0 Å². The molecule has 0 amide bonds. The van der Waals surface area contributed by atoms with Gasteiger partial charge in [-0.25, -0.2) is 0 Å². The highest BCUT2D eigenvalue weighted by molar-refractivity contribution is 7.84. The first kappa shape index (κ1) is 10.6. The van der Waals surface area contributed by atoms with Crippen molar-refractivity contribution in [2.24, 2.45) is 0 Å². The second-order valence-corrected chi connectivity index (χ2v) is 3.98. The van der Waals surface area contributed by atoms with Crippen LogP contribution in [0.1, 0.15) is 19.8 Å². The first-order valence-corrected chi connectivity index (χ1v) is 5.11. The molecule has 1 atom stereocenters. The summed E-state index contributed by atoms with van der Waals surface area (Å²) < 4.78 is 15.3. The Hall–Kier alpha value is -0.380. The molecule has 11 heavy (non-hydrogen) atoms. The largest absolute Gasteiger partial charge is 0.469 e. The molecule has 0 fully saturated rings. The summed E-state index contributed by atoms with van der Waals surface area (Å²) in [6, 6.07) is 0. The van der Waals surface area contributed by atoms with Crippen molar-refractivity contribution in [2.45, 2.75) is 19.8 Å². The zero-order valence-corrected chi connectivity index (χ0v) is 7.78. The standard InChI is InChI=1S/C7H14O3S/c1-3-11(9)6-4-5-7(8)10-2/h3-6H2,1-2H3. The lowest BCUT2D eigenvalue weighted by molar-refractivity contribution is -0.140. The number of hydrogen-bond acceptors (Lipinski definition) is 3. The quantitative estimate of drug-likeness (QED) is 0.582. The minimum absolute atomic E-state index is 0.224. The van der Waals surface area contributed by atoms with Gasteiger partial charge < -0.3 is 4.74 Å². The summed E-state index contributed by atoms with van der Waals surface area (Å²) >= 11 is 0. The van der Waals surface area contributed by atoms with Crippen molar-refractivity contribution in [3.63, 3.8) is 0 Å². The van der Waals surface area contributed by atoms with Crippen molar-refractivity contribution < 1.29 is 13.7 Å². The Balaban J connectivity index is 3.27. The maximum atomic E-state index is 10.8. The minimum Gasteiger partial charge on any atom is -0.469 e. The number of carbonyl (C=O) groups is 1. The number of carbonyl (C=O) groups excluding carboxylic acids is 1. The summed E-state index contributed by atoms with van der Waals surface area (Å²) in [5.74, 6) is 1.05. The van der Waals surface area contributed by atoms with Gasteiger partial charge in [0.15, 0.2) is 0 Å². The number of ether oxygens (including phenoxy) is 1. The number of methoxy groups -OCH3 is 1. The highest BCUT2D eigenvalue weighted by Crippen LogP contribution is 1.94. The Morgan fingerprint density at radius 1 is 1.55 bits per heavy atom. The van der Waals surface area contributed by atoms with Crippen LogP contribution in [-0.4, -0.2) is 28.8 Å². The van der Waals surface area contributed by atoms with Gasteiger partial charge in [0, 0.05) is 28.7 Å². The van der Waals surface area contributed by atoms with Crippen LogP contribution in [0.2, 0.25) is 0 Å². The lowest BCUT2D eigenvalue weighted by Crippen LogP contribution is -2.05. The molecule has 0 N–H and O–H groups in total. The van der Waals surface area contributed by atoms with Gasteiger partial charge in [0.05, 0.1) is 7.11 Å². The summed E-state index contributed by atoms with van der Waals surface area (Å²) in [5.41, 5.74) is 0. The van der Waals surface area contributed by atoms with E-state index < -0.39 is 10.8 Å². The Morgan fingerprint density at radius 2 is 2.18 bits per heavy atom. The Kier molecular flexibility index (Phi) is 6.12. The van der Waals surface area contributed by atoms with Crippen LogP contribution in [0, 0.1) is 0 Å². The Labute approximate surface area is 69.6 Å². The second-order valence-electron chi connectivity index (χ2n) is 2.11. The molecule has 0 aromatic heterocycles. The van der Waals surface area contributed by atoms with Gasteiger partial charge in [-0.2, -0.15) is 0 Å². The smallest absolute Gasteiger partial charge is 0.305 e. The molecule has 1 unspecified atom stereocenters. The van der Waals surface area contributed by atoms with Crippen LogP contribution in [0.4, 0.5) is 0 Å². The van der Waals surface area contributed by atoms with Gasteiger partial charge in [0.1, 0.15) is 0 Å². The molecule has 0 saturated carbocycles. The number of rotatable bonds is 5. The van der Waals surface area contributed by atoms with Gasteiger partial charge in [-0.15, -0.1) is 0 Å². The summed E-state index contributed by atoms with van der Waals surface area (Å²) in [6.45, 7) is 1.87. The summed E-state index contributed by atoms with van der Waals surface area (Å²) in [4.78, 5) is 10.6. The van der Waals surface area contributed by atoms with E-state index in [2.05, 4.69) is 4.74 Å². The van der Waals surface area contributed by atoms with E-state index >= 15 is 0 Å². The number of hydrogen-bond donors (Lipinski definition) is 0.